The quantitative estimate of drug-likeness (QED) is 0.719. The van der Waals surface area contributed by atoms with Gasteiger partial charge in [0, 0.05) is 9.50 Å². The van der Waals surface area contributed by atoms with Gasteiger partial charge in [-0.15, -0.1) is 0 Å². The third-order valence-corrected chi connectivity index (χ3v) is 3.99. The van der Waals surface area contributed by atoms with Crippen molar-refractivity contribution < 1.29 is 14.3 Å². The molecule has 0 heterocycles. The summed E-state index contributed by atoms with van der Waals surface area (Å²) in [7, 11) is 0. The summed E-state index contributed by atoms with van der Waals surface area (Å²) in [5.41, 5.74) is 4.77. The maximum Gasteiger partial charge on any atom is 0.279 e. The normalized spacial score (nSPS) is 11.5. The Balaban J connectivity index is 1.91. The van der Waals surface area contributed by atoms with Gasteiger partial charge in [0.1, 0.15) is 5.75 Å². The molecule has 2 N–H and O–H groups in total. The van der Waals surface area contributed by atoms with E-state index in [2.05, 4.69) is 26.8 Å². The van der Waals surface area contributed by atoms with Crippen molar-refractivity contribution in [2.24, 2.45) is 0 Å². The molecule has 2 aromatic carbocycles. The molecule has 0 aliphatic heterocycles. The van der Waals surface area contributed by atoms with Crippen molar-refractivity contribution in [2.45, 2.75) is 13.0 Å². The standard InChI is InChI=1S/C16H13BrCl2N2O3/c1-9(24-12-4-2-3-10(17)7-12)15(22)20-21-16(23)13-6-5-11(18)8-14(13)19/h2-9H,1H3,(H,20,22)(H,21,23). The third-order valence-electron chi connectivity index (χ3n) is 2.95. The second kappa shape index (κ2) is 8.37. The van der Waals surface area contributed by atoms with Gasteiger partial charge in [0.2, 0.25) is 0 Å². The van der Waals surface area contributed by atoms with Crippen molar-refractivity contribution in [2.75, 3.05) is 0 Å². The summed E-state index contributed by atoms with van der Waals surface area (Å²) in [6.07, 6.45) is -0.805. The first kappa shape index (κ1) is 18.6. The number of nitrogens with one attached hydrogen (secondary N) is 2. The molecule has 0 saturated heterocycles. The van der Waals surface area contributed by atoms with E-state index in [1.165, 1.54) is 18.2 Å². The molecule has 0 spiro atoms. The Labute approximate surface area is 157 Å². The van der Waals surface area contributed by atoms with Gasteiger partial charge in [0.05, 0.1) is 10.6 Å². The van der Waals surface area contributed by atoms with Crippen molar-refractivity contribution in [1.82, 2.24) is 10.9 Å². The molecule has 0 fully saturated rings. The van der Waals surface area contributed by atoms with Crippen molar-refractivity contribution in [3.05, 3.63) is 62.5 Å². The van der Waals surface area contributed by atoms with E-state index in [0.29, 0.717) is 10.8 Å². The fourth-order valence-corrected chi connectivity index (χ4v) is 2.63. The number of benzene rings is 2. The monoisotopic (exact) mass is 430 g/mol. The number of amides is 2. The van der Waals surface area contributed by atoms with Gasteiger partial charge in [-0.05, 0) is 43.3 Å². The third kappa shape index (κ3) is 5.12. The van der Waals surface area contributed by atoms with Crippen LogP contribution in [-0.4, -0.2) is 17.9 Å². The fourth-order valence-electron chi connectivity index (χ4n) is 1.76. The van der Waals surface area contributed by atoms with Crippen LogP contribution in [0.2, 0.25) is 10.0 Å². The summed E-state index contributed by atoms with van der Waals surface area (Å²) < 4.78 is 6.33. The summed E-state index contributed by atoms with van der Waals surface area (Å²) in [6, 6.07) is 11.5. The number of rotatable bonds is 4. The van der Waals surface area contributed by atoms with Crippen LogP contribution in [0.3, 0.4) is 0 Å². The number of hydrogen-bond donors (Lipinski definition) is 2. The highest BCUT2D eigenvalue weighted by atomic mass is 79.9. The smallest absolute Gasteiger partial charge is 0.279 e. The Kier molecular flexibility index (Phi) is 6.48. The topological polar surface area (TPSA) is 67.4 Å². The number of carbonyl (C=O) groups excluding carboxylic acids is 2. The molecule has 2 amide bonds. The minimum absolute atomic E-state index is 0.188. The Morgan fingerprint density at radius 2 is 1.88 bits per heavy atom. The van der Waals surface area contributed by atoms with Crippen LogP contribution in [0, 0.1) is 0 Å². The molecule has 8 heteroatoms. The van der Waals surface area contributed by atoms with Crippen molar-refractivity contribution in [1.29, 1.82) is 0 Å². The van der Waals surface area contributed by atoms with E-state index in [9.17, 15) is 9.59 Å². The highest BCUT2D eigenvalue weighted by Gasteiger charge is 2.17. The molecule has 2 aromatic rings. The average molecular weight is 432 g/mol. The summed E-state index contributed by atoms with van der Waals surface area (Å²) in [6.45, 7) is 1.57. The maximum atomic E-state index is 12.0. The molecule has 0 aromatic heterocycles. The van der Waals surface area contributed by atoms with Crippen LogP contribution in [0.4, 0.5) is 0 Å². The Bertz CT molecular complexity index is 771. The van der Waals surface area contributed by atoms with Crippen LogP contribution >= 0.6 is 39.1 Å². The molecule has 0 saturated carbocycles. The maximum absolute atomic E-state index is 12.0. The van der Waals surface area contributed by atoms with E-state index in [-0.39, 0.29) is 10.6 Å². The van der Waals surface area contributed by atoms with E-state index in [0.717, 1.165) is 4.47 Å². The van der Waals surface area contributed by atoms with Gasteiger partial charge in [-0.2, -0.15) is 0 Å². The second-order valence-corrected chi connectivity index (χ2v) is 6.54. The van der Waals surface area contributed by atoms with E-state index >= 15 is 0 Å². The Hall–Kier alpha value is -1.76. The van der Waals surface area contributed by atoms with Crippen molar-refractivity contribution in [3.8, 4) is 5.75 Å². The first-order chi connectivity index (χ1) is 11.4. The molecule has 24 heavy (non-hydrogen) atoms. The van der Waals surface area contributed by atoms with Crippen molar-refractivity contribution in [3.63, 3.8) is 0 Å². The van der Waals surface area contributed by atoms with Crippen LogP contribution in [-0.2, 0) is 4.79 Å². The fraction of sp³-hybridized carbons (Fsp3) is 0.125. The zero-order valence-corrected chi connectivity index (χ0v) is 15.6. The van der Waals surface area contributed by atoms with E-state index in [1.807, 2.05) is 6.07 Å². The van der Waals surface area contributed by atoms with Crippen LogP contribution in [0.25, 0.3) is 0 Å². The lowest BCUT2D eigenvalue weighted by atomic mass is 10.2. The molecule has 2 rings (SSSR count). The lowest BCUT2D eigenvalue weighted by molar-refractivity contribution is -0.128. The molecule has 0 radical (unpaired) electrons. The van der Waals surface area contributed by atoms with Gasteiger partial charge < -0.3 is 4.74 Å². The first-order valence-electron chi connectivity index (χ1n) is 6.84. The molecular formula is C16H13BrCl2N2O3. The van der Waals surface area contributed by atoms with Gasteiger partial charge in [0.15, 0.2) is 6.10 Å². The number of hydrazine groups is 1. The number of halogens is 3. The predicted octanol–water partition coefficient (Wildman–Crippen LogP) is 3.98. The largest absolute Gasteiger partial charge is 0.481 e. The summed E-state index contributed by atoms with van der Waals surface area (Å²) >= 11 is 15.0. The van der Waals surface area contributed by atoms with E-state index in [4.69, 9.17) is 27.9 Å². The highest BCUT2D eigenvalue weighted by molar-refractivity contribution is 9.10. The molecule has 0 bridgehead atoms. The minimum atomic E-state index is -0.805. The van der Waals surface area contributed by atoms with Crippen LogP contribution in [0.1, 0.15) is 17.3 Å². The molecule has 126 valence electrons. The number of carbonyl (C=O) groups is 2. The predicted molar refractivity (Wildman–Crippen MR) is 96.3 cm³/mol. The number of ether oxygens (including phenoxy) is 1. The molecule has 1 unspecified atom stereocenters. The zero-order chi connectivity index (χ0) is 17.7. The second-order valence-electron chi connectivity index (χ2n) is 4.78. The van der Waals surface area contributed by atoms with E-state index < -0.39 is 17.9 Å². The van der Waals surface area contributed by atoms with Gasteiger partial charge in [-0.1, -0.05) is 45.2 Å². The molecule has 1 atom stereocenters. The average Bonchev–Trinajstić information content (AvgIpc) is 2.52. The van der Waals surface area contributed by atoms with E-state index in [1.54, 1.807) is 25.1 Å². The molecule has 0 aliphatic carbocycles. The van der Waals surface area contributed by atoms with Gasteiger partial charge in [0.25, 0.3) is 11.8 Å². The van der Waals surface area contributed by atoms with Gasteiger partial charge in [-0.3, -0.25) is 20.4 Å². The zero-order valence-electron chi connectivity index (χ0n) is 12.5. The minimum Gasteiger partial charge on any atom is -0.481 e. The summed E-state index contributed by atoms with van der Waals surface area (Å²) in [5, 5.41) is 0.601. The van der Waals surface area contributed by atoms with Crippen LogP contribution in [0.5, 0.6) is 5.75 Å². The Morgan fingerprint density at radius 3 is 2.54 bits per heavy atom. The lowest BCUT2D eigenvalue weighted by Crippen LogP contribution is -2.47. The Morgan fingerprint density at radius 1 is 1.12 bits per heavy atom. The van der Waals surface area contributed by atoms with Gasteiger partial charge in [-0.25, -0.2) is 0 Å². The first-order valence-corrected chi connectivity index (χ1v) is 8.39. The molecular weight excluding hydrogens is 419 g/mol. The molecule has 5 nitrogen and oxygen atoms in total. The molecule has 0 aliphatic rings. The summed E-state index contributed by atoms with van der Waals surface area (Å²) in [4.78, 5) is 24.0. The lowest BCUT2D eigenvalue weighted by Gasteiger charge is -2.15. The van der Waals surface area contributed by atoms with Crippen LogP contribution in [0.15, 0.2) is 46.9 Å². The SMILES string of the molecule is CC(Oc1cccc(Br)c1)C(=O)NNC(=O)c1ccc(Cl)cc1Cl. The van der Waals surface area contributed by atoms with Crippen molar-refractivity contribution >= 4 is 50.9 Å². The van der Waals surface area contributed by atoms with Gasteiger partial charge >= 0.3 is 0 Å². The van der Waals surface area contributed by atoms with Crippen LogP contribution < -0.4 is 15.6 Å². The highest BCUT2D eigenvalue weighted by Crippen LogP contribution is 2.21. The number of hydrogen-bond acceptors (Lipinski definition) is 3. The summed E-state index contributed by atoms with van der Waals surface area (Å²) in [5.74, 6) is -0.535.